The molecule has 1 aliphatic carbocycles. The smallest absolute Gasteiger partial charge is 0.337 e. The number of aromatic amines is 1. The number of piperidine rings is 1. The fourth-order valence-electron chi connectivity index (χ4n) is 5.22. The molecule has 168 valence electrons. The van der Waals surface area contributed by atoms with Crippen LogP contribution < -0.4 is 0 Å². The summed E-state index contributed by atoms with van der Waals surface area (Å²) < 4.78 is 40.9. The van der Waals surface area contributed by atoms with E-state index in [9.17, 15) is 22.8 Å². The Bertz CT molecular complexity index is 928. The van der Waals surface area contributed by atoms with Crippen LogP contribution in [0.15, 0.2) is 24.3 Å². The Morgan fingerprint density at radius 1 is 1.16 bits per heavy atom. The molecule has 1 saturated heterocycles. The lowest BCUT2D eigenvalue weighted by Gasteiger charge is -2.46. The summed E-state index contributed by atoms with van der Waals surface area (Å²) in [5.74, 6) is -1.89. The molecule has 1 aromatic rings. The van der Waals surface area contributed by atoms with Gasteiger partial charge in [0.2, 0.25) is 5.91 Å². The zero-order valence-electron chi connectivity index (χ0n) is 17.7. The molecule has 2 amide bonds. The van der Waals surface area contributed by atoms with E-state index < -0.39 is 17.5 Å². The standard InChI is InChI=1S/C22H27F3N4O2/c1-14(30)29-12-8-16-17(13-29)26-27-19(16)20(31)28-10-6-15(7-11-28)21(2)9-4-3-5-18(21)22(23,24)25/h3-5,9,15,18H,6-8,10-13H2,1-2H3,(H,26,27). The maximum Gasteiger partial charge on any atom is 0.395 e. The number of fused-ring (bicyclic) bond motifs is 1. The molecule has 0 saturated carbocycles. The van der Waals surface area contributed by atoms with Gasteiger partial charge in [-0.15, -0.1) is 0 Å². The average Bonchev–Trinajstić information content (AvgIpc) is 3.16. The number of nitrogens with one attached hydrogen (secondary N) is 1. The zero-order chi connectivity index (χ0) is 22.4. The number of likely N-dealkylation sites (tertiary alicyclic amines) is 1. The summed E-state index contributed by atoms with van der Waals surface area (Å²) in [6, 6.07) is 0. The minimum atomic E-state index is -4.30. The van der Waals surface area contributed by atoms with E-state index in [1.807, 2.05) is 0 Å². The van der Waals surface area contributed by atoms with Gasteiger partial charge >= 0.3 is 6.18 Å². The van der Waals surface area contributed by atoms with Crippen LogP contribution in [0, 0.1) is 17.3 Å². The van der Waals surface area contributed by atoms with E-state index >= 15 is 0 Å². The van der Waals surface area contributed by atoms with Crippen LogP contribution in [-0.2, 0) is 17.8 Å². The molecule has 0 radical (unpaired) electrons. The second-order valence-electron chi connectivity index (χ2n) is 8.92. The third-order valence-corrected chi connectivity index (χ3v) is 7.14. The van der Waals surface area contributed by atoms with Crippen LogP contribution in [0.25, 0.3) is 0 Å². The van der Waals surface area contributed by atoms with E-state index in [-0.39, 0.29) is 17.7 Å². The SMILES string of the molecule is CC(=O)N1CCc2c(C(=O)N3CCC(C4(C)C=CC=CC4C(F)(F)F)CC3)n[nH]c2C1. The van der Waals surface area contributed by atoms with Gasteiger partial charge in [0.05, 0.1) is 18.2 Å². The van der Waals surface area contributed by atoms with Crippen molar-refractivity contribution in [3.8, 4) is 0 Å². The molecule has 3 heterocycles. The van der Waals surface area contributed by atoms with Crippen LogP contribution in [0.1, 0.15) is 48.4 Å². The van der Waals surface area contributed by atoms with E-state index in [4.69, 9.17) is 0 Å². The predicted molar refractivity (Wildman–Crippen MR) is 108 cm³/mol. The fraction of sp³-hybridized carbons (Fsp3) is 0.591. The molecule has 0 spiro atoms. The number of allylic oxidation sites excluding steroid dienone is 4. The Kier molecular flexibility index (Phi) is 5.47. The Morgan fingerprint density at radius 3 is 2.52 bits per heavy atom. The highest BCUT2D eigenvalue weighted by molar-refractivity contribution is 5.94. The molecule has 3 aliphatic rings. The summed E-state index contributed by atoms with van der Waals surface area (Å²) in [6.07, 6.45) is 3.37. The lowest BCUT2D eigenvalue weighted by atomic mass is 9.63. The number of rotatable bonds is 2. The van der Waals surface area contributed by atoms with Gasteiger partial charge in [-0.3, -0.25) is 14.7 Å². The summed E-state index contributed by atoms with van der Waals surface area (Å²) in [5.41, 5.74) is 0.981. The number of carbonyl (C=O) groups excluding carboxylic acids is 2. The van der Waals surface area contributed by atoms with E-state index in [2.05, 4.69) is 10.2 Å². The molecule has 2 atom stereocenters. The Morgan fingerprint density at radius 2 is 1.87 bits per heavy atom. The van der Waals surface area contributed by atoms with Crippen LogP contribution in [0.3, 0.4) is 0 Å². The molecule has 0 bridgehead atoms. The molecular weight excluding hydrogens is 409 g/mol. The highest BCUT2D eigenvalue weighted by atomic mass is 19.4. The highest BCUT2D eigenvalue weighted by Crippen LogP contribution is 2.51. The topological polar surface area (TPSA) is 69.3 Å². The quantitative estimate of drug-likeness (QED) is 0.772. The van der Waals surface area contributed by atoms with Crippen molar-refractivity contribution in [3.63, 3.8) is 0 Å². The second kappa shape index (κ2) is 7.84. The zero-order valence-corrected chi connectivity index (χ0v) is 17.7. The third-order valence-electron chi connectivity index (χ3n) is 7.14. The number of H-pyrrole nitrogens is 1. The molecule has 1 aromatic heterocycles. The van der Waals surface area contributed by atoms with Crippen LogP contribution in [0.2, 0.25) is 0 Å². The summed E-state index contributed by atoms with van der Waals surface area (Å²) >= 11 is 0. The molecule has 6 nitrogen and oxygen atoms in total. The molecule has 1 N–H and O–H groups in total. The molecular formula is C22H27F3N4O2. The first-order chi connectivity index (χ1) is 14.6. The minimum absolute atomic E-state index is 0.0209. The number of halogens is 3. The van der Waals surface area contributed by atoms with Crippen LogP contribution in [0.4, 0.5) is 13.2 Å². The monoisotopic (exact) mass is 436 g/mol. The molecule has 2 unspecified atom stereocenters. The summed E-state index contributed by atoms with van der Waals surface area (Å²) in [6.45, 7) is 4.95. The normalized spacial score (nSPS) is 26.8. The van der Waals surface area contributed by atoms with Crippen molar-refractivity contribution in [3.05, 3.63) is 41.3 Å². The van der Waals surface area contributed by atoms with Gasteiger partial charge in [0.1, 0.15) is 0 Å². The van der Waals surface area contributed by atoms with Gasteiger partial charge in [-0.05, 0) is 25.2 Å². The van der Waals surface area contributed by atoms with E-state index in [1.54, 1.807) is 28.9 Å². The fourth-order valence-corrected chi connectivity index (χ4v) is 5.22. The predicted octanol–water partition coefficient (Wildman–Crippen LogP) is 3.48. The van der Waals surface area contributed by atoms with Crippen molar-refractivity contribution in [2.45, 2.75) is 45.8 Å². The Labute approximate surface area is 179 Å². The summed E-state index contributed by atoms with van der Waals surface area (Å²) in [5, 5.41) is 7.10. The van der Waals surface area contributed by atoms with Gasteiger partial charge in [0.25, 0.3) is 5.91 Å². The minimum Gasteiger partial charge on any atom is -0.337 e. The second-order valence-corrected chi connectivity index (χ2v) is 8.92. The average molecular weight is 436 g/mol. The van der Waals surface area contributed by atoms with Crippen molar-refractivity contribution in [2.75, 3.05) is 19.6 Å². The van der Waals surface area contributed by atoms with Crippen LogP contribution in [0.5, 0.6) is 0 Å². The Hall–Kier alpha value is -2.58. The lowest BCUT2D eigenvalue weighted by Crippen LogP contribution is -2.47. The number of aromatic nitrogens is 2. The van der Waals surface area contributed by atoms with E-state index in [0.717, 1.165) is 11.3 Å². The van der Waals surface area contributed by atoms with E-state index in [1.165, 1.54) is 19.1 Å². The van der Waals surface area contributed by atoms with Crippen molar-refractivity contribution in [1.29, 1.82) is 0 Å². The first kappa shape index (κ1) is 21.6. The van der Waals surface area contributed by atoms with Crippen molar-refractivity contribution >= 4 is 11.8 Å². The number of amides is 2. The first-order valence-corrected chi connectivity index (χ1v) is 10.6. The molecule has 31 heavy (non-hydrogen) atoms. The van der Waals surface area contributed by atoms with Crippen molar-refractivity contribution in [2.24, 2.45) is 17.3 Å². The van der Waals surface area contributed by atoms with Crippen LogP contribution >= 0.6 is 0 Å². The Balaban J connectivity index is 1.44. The molecule has 0 aromatic carbocycles. The van der Waals surface area contributed by atoms with Gasteiger partial charge in [-0.1, -0.05) is 31.2 Å². The van der Waals surface area contributed by atoms with Gasteiger partial charge in [-0.25, -0.2) is 0 Å². The third kappa shape index (κ3) is 3.90. The van der Waals surface area contributed by atoms with Crippen molar-refractivity contribution in [1.82, 2.24) is 20.0 Å². The lowest BCUT2D eigenvalue weighted by molar-refractivity contribution is -0.191. The molecule has 2 aliphatic heterocycles. The van der Waals surface area contributed by atoms with Gasteiger partial charge < -0.3 is 9.80 Å². The molecule has 1 fully saturated rings. The molecule has 9 heteroatoms. The van der Waals surface area contributed by atoms with Gasteiger partial charge in [-0.2, -0.15) is 18.3 Å². The number of alkyl halides is 3. The van der Waals surface area contributed by atoms with Gasteiger partial charge in [0, 0.05) is 37.5 Å². The molecule has 4 rings (SSSR count). The first-order valence-electron chi connectivity index (χ1n) is 10.6. The maximum absolute atomic E-state index is 13.6. The summed E-state index contributed by atoms with van der Waals surface area (Å²) in [7, 11) is 0. The highest BCUT2D eigenvalue weighted by Gasteiger charge is 2.52. The van der Waals surface area contributed by atoms with Crippen LogP contribution in [-0.4, -0.2) is 57.6 Å². The van der Waals surface area contributed by atoms with E-state index in [0.29, 0.717) is 51.1 Å². The summed E-state index contributed by atoms with van der Waals surface area (Å²) in [4.78, 5) is 28.1. The largest absolute Gasteiger partial charge is 0.395 e. The van der Waals surface area contributed by atoms with Crippen molar-refractivity contribution < 1.29 is 22.8 Å². The number of carbonyl (C=O) groups is 2. The van der Waals surface area contributed by atoms with Gasteiger partial charge in [0.15, 0.2) is 5.69 Å². The number of hydrogen-bond acceptors (Lipinski definition) is 3. The number of hydrogen-bond donors (Lipinski definition) is 1. The maximum atomic E-state index is 13.6. The number of nitrogens with zero attached hydrogens (tertiary/aromatic N) is 3.